The molecule has 0 unspecified atom stereocenters. The molecule has 0 spiro atoms. The molecule has 0 aromatic carbocycles. The van der Waals surface area contributed by atoms with Gasteiger partial charge in [0.25, 0.3) is 0 Å². The van der Waals surface area contributed by atoms with Crippen molar-refractivity contribution in [3.8, 4) is 0 Å². The number of rotatable bonds is 2. The Morgan fingerprint density at radius 3 is 3.07 bits per heavy atom. The quantitative estimate of drug-likeness (QED) is 0.781. The fourth-order valence-corrected chi connectivity index (χ4v) is 1.47. The average Bonchev–Trinajstić information content (AvgIpc) is 2.97. The predicted octanol–water partition coefficient (Wildman–Crippen LogP) is 1.59. The van der Waals surface area contributed by atoms with Crippen LogP contribution >= 0.6 is 0 Å². The number of aliphatic hydroxyl groups excluding tert-OH is 1. The third-order valence-electron chi connectivity index (χ3n) is 2.43. The minimum atomic E-state index is -0.00539. The van der Waals surface area contributed by atoms with Gasteiger partial charge in [-0.15, -0.1) is 0 Å². The maximum Gasteiger partial charge on any atom is 0.246 e. The minimum absolute atomic E-state index is 0.00539. The fourth-order valence-electron chi connectivity index (χ4n) is 1.47. The van der Waals surface area contributed by atoms with Gasteiger partial charge in [0.1, 0.15) is 5.52 Å². The maximum absolute atomic E-state index is 8.93. The number of oxazole rings is 1. The second-order valence-electron chi connectivity index (χ2n) is 3.65. The van der Waals surface area contributed by atoms with Crippen LogP contribution in [0.3, 0.4) is 0 Å². The van der Waals surface area contributed by atoms with Gasteiger partial charge in [0.2, 0.25) is 11.6 Å². The van der Waals surface area contributed by atoms with Crippen molar-refractivity contribution in [2.24, 2.45) is 0 Å². The number of aliphatic hydroxyl groups is 1. The Kier molecular flexibility index (Phi) is 1.58. The van der Waals surface area contributed by atoms with Gasteiger partial charge in [0.05, 0.1) is 6.61 Å². The molecule has 0 amide bonds. The van der Waals surface area contributed by atoms with Crippen LogP contribution in [0.15, 0.2) is 16.7 Å². The normalized spacial score (nSPS) is 16.4. The first-order valence-electron chi connectivity index (χ1n) is 4.73. The summed E-state index contributed by atoms with van der Waals surface area (Å²) in [6, 6.07) is 1.82. The molecule has 0 bridgehead atoms. The van der Waals surface area contributed by atoms with E-state index in [1.165, 1.54) is 12.8 Å². The van der Waals surface area contributed by atoms with Crippen molar-refractivity contribution in [2.75, 3.05) is 0 Å². The predicted molar refractivity (Wildman–Crippen MR) is 49.7 cm³/mol. The fraction of sp³-hybridized carbons (Fsp3) is 0.400. The Morgan fingerprint density at radius 1 is 1.50 bits per heavy atom. The molecule has 4 nitrogen and oxygen atoms in total. The molecule has 1 aliphatic carbocycles. The van der Waals surface area contributed by atoms with E-state index < -0.39 is 0 Å². The molecule has 0 saturated heterocycles. The number of aromatic nitrogens is 2. The minimum Gasteiger partial charge on any atom is -0.422 e. The topological polar surface area (TPSA) is 59.2 Å². The average molecular weight is 190 g/mol. The van der Waals surface area contributed by atoms with Crippen LogP contribution < -0.4 is 0 Å². The van der Waals surface area contributed by atoms with E-state index in [1.807, 2.05) is 6.07 Å². The summed E-state index contributed by atoms with van der Waals surface area (Å²) in [6.45, 7) is -0.00539. The first-order valence-corrected chi connectivity index (χ1v) is 4.73. The summed E-state index contributed by atoms with van der Waals surface area (Å²) in [5.41, 5.74) is 2.09. The highest BCUT2D eigenvalue weighted by atomic mass is 16.4. The first-order chi connectivity index (χ1) is 6.86. The number of nitrogens with zero attached hydrogens (tertiary/aromatic N) is 2. The van der Waals surface area contributed by atoms with E-state index in [0.29, 0.717) is 11.6 Å². The molecule has 1 fully saturated rings. The molecule has 0 radical (unpaired) electrons. The molecule has 4 heteroatoms. The van der Waals surface area contributed by atoms with E-state index in [-0.39, 0.29) is 6.61 Å². The van der Waals surface area contributed by atoms with E-state index in [0.717, 1.165) is 17.0 Å². The zero-order valence-electron chi connectivity index (χ0n) is 7.60. The summed E-state index contributed by atoms with van der Waals surface area (Å²) >= 11 is 0. The number of hydrogen-bond acceptors (Lipinski definition) is 4. The molecule has 72 valence electrons. The van der Waals surface area contributed by atoms with Gasteiger partial charge in [-0.3, -0.25) is 0 Å². The maximum atomic E-state index is 8.93. The standard InChI is InChI=1S/C10H10N2O2/c13-5-6-3-8-10(11-4-6)14-9(12-8)7-1-2-7/h3-4,7,13H,1-2,5H2. The highest BCUT2D eigenvalue weighted by Gasteiger charge is 2.29. The van der Waals surface area contributed by atoms with Crippen LogP contribution in [-0.2, 0) is 6.61 Å². The lowest BCUT2D eigenvalue weighted by atomic mass is 10.3. The van der Waals surface area contributed by atoms with Crippen LogP contribution in [0.2, 0.25) is 0 Å². The van der Waals surface area contributed by atoms with Gasteiger partial charge in [-0.25, -0.2) is 9.97 Å². The van der Waals surface area contributed by atoms with Crippen molar-refractivity contribution in [2.45, 2.75) is 25.4 Å². The van der Waals surface area contributed by atoms with Crippen LogP contribution in [0.25, 0.3) is 11.2 Å². The largest absolute Gasteiger partial charge is 0.422 e. The smallest absolute Gasteiger partial charge is 0.246 e. The van der Waals surface area contributed by atoms with Gasteiger partial charge in [0, 0.05) is 12.1 Å². The SMILES string of the molecule is OCc1cnc2oc(C3CC3)nc2c1. The zero-order valence-corrected chi connectivity index (χ0v) is 7.60. The molecule has 2 aromatic rings. The van der Waals surface area contributed by atoms with Gasteiger partial charge >= 0.3 is 0 Å². The summed E-state index contributed by atoms with van der Waals surface area (Å²) < 4.78 is 5.49. The Hall–Kier alpha value is -1.42. The molecule has 1 saturated carbocycles. The lowest BCUT2D eigenvalue weighted by Gasteiger charge is -1.91. The summed E-state index contributed by atoms with van der Waals surface area (Å²) in [4.78, 5) is 8.44. The molecule has 1 N–H and O–H groups in total. The van der Waals surface area contributed by atoms with E-state index >= 15 is 0 Å². The Labute approximate surface area is 80.6 Å². The monoisotopic (exact) mass is 190 g/mol. The third kappa shape index (κ3) is 1.19. The molecular weight excluding hydrogens is 180 g/mol. The summed E-state index contributed by atoms with van der Waals surface area (Å²) in [5, 5.41) is 8.93. The van der Waals surface area contributed by atoms with Gasteiger partial charge in [-0.05, 0) is 24.5 Å². The van der Waals surface area contributed by atoms with Crippen LogP contribution in [0.1, 0.15) is 30.2 Å². The van der Waals surface area contributed by atoms with E-state index in [2.05, 4.69) is 9.97 Å². The van der Waals surface area contributed by atoms with E-state index in [4.69, 9.17) is 9.52 Å². The summed E-state index contributed by atoms with van der Waals surface area (Å²) in [6.07, 6.45) is 3.95. The van der Waals surface area contributed by atoms with Gasteiger partial charge in [-0.2, -0.15) is 0 Å². The van der Waals surface area contributed by atoms with Gasteiger partial charge in [-0.1, -0.05) is 0 Å². The highest BCUT2D eigenvalue weighted by molar-refractivity contribution is 5.68. The van der Waals surface area contributed by atoms with Crippen molar-refractivity contribution in [1.29, 1.82) is 0 Å². The Morgan fingerprint density at radius 2 is 2.36 bits per heavy atom. The molecule has 1 aliphatic rings. The Bertz CT molecular complexity index is 474. The van der Waals surface area contributed by atoms with Gasteiger partial charge < -0.3 is 9.52 Å². The first kappa shape index (κ1) is 7.94. The lowest BCUT2D eigenvalue weighted by molar-refractivity contribution is 0.281. The molecule has 3 rings (SSSR count). The second-order valence-corrected chi connectivity index (χ2v) is 3.65. The van der Waals surface area contributed by atoms with Gasteiger partial charge in [0.15, 0.2) is 0 Å². The van der Waals surface area contributed by atoms with Crippen LogP contribution in [0, 0.1) is 0 Å². The van der Waals surface area contributed by atoms with Crippen LogP contribution in [-0.4, -0.2) is 15.1 Å². The molecule has 14 heavy (non-hydrogen) atoms. The van der Waals surface area contributed by atoms with E-state index in [1.54, 1.807) is 6.20 Å². The zero-order chi connectivity index (χ0) is 9.54. The van der Waals surface area contributed by atoms with E-state index in [9.17, 15) is 0 Å². The van der Waals surface area contributed by atoms with Crippen molar-refractivity contribution in [3.63, 3.8) is 0 Å². The Balaban J connectivity index is 2.12. The number of fused-ring (bicyclic) bond motifs is 1. The highest BCUT2D eigenvalue weighted by Crippen LogP contribution is 2.40. The molecular formula is C10H10N2O2. The van der Waals surface area contributed by atoms with Crippen molar-refractivity contribution in [1.82, 2.24) is 9.97 Å². The molecule has 2 heterocycles. The molecule has 0 aliphatic heterocycles. The molecule has 0 atom stereocenters. The summed E-state index contributed by atoms with van der Waals surface area (Å²) in [5.74, 6) is 1.30. The second kappa shape index (κ2) is 2.78. The van der Waals surface area contributed by atoms with Crippen LogP contribution in [0.5, 0.6) is 0 Å². The third-order valence-corrected chi connectivity index (χ3v) is 2.43. The molecule has 2 aromatic heterocycles. The number of hydrogen-bond donors (Lipinski definition) is 1. The van der Waals surface area contributed by atoms with Crippen molar-refractivity contribution >= 4 is 11.2 Å². The number of pyridine rings is 1. The summed E-state index contributed by atoms with van der Waals surface area (Å²) in [7, 11) is 0. The van der Waals surface area contributed by atoms with Crippen molar-refractivity contribution < 1.29 is 9.52 Å². The lowest BCUT2D eigenvalue weighted by Crippen LogP contribution is -1.84. The van der Waals surface area contributed by atoms with Crippen LogP contribution in [0.4, 0.5) is 0 Å². The van der Waals surface area contributed by atoms with Crippen molar-refractivity contribution in [3.05, 3.63) is 23.7 Å².